The van der Waals surface area contributed by atoms with E-state index in [1.807, 2.05) is 19.1 Å². The van der Waals surface area contributed by atoms with Crippen molar-refractivity contribution in [2.24, 2.45) is 0 Å². The van der Waals surface area contributed by atoms with E-state index in [-0.39, 0.29) is 5.38 Å². The van der Waals surface area contributed by atoms with Gasteiger partial charge < -0.3 is 4.57 Å². The molecule has 2 aromatic heterocycles. The molecule has 20 heavy (non-hydrogen) atoms. The van der Waals surface area contributed by atoms with Crippen molar-refractivity contribution >= 4 is 49.9 Å². The average Bonchev–Trinajstić information content (AvgIpc) is 2.95. The first-order chi connectivity index (χ1) is 9.56. The first kappa shape index (κ1) is 14.1. The molecule has 104 valence electrons. The van der Waals surface area contributed by atoms with Crippen LogP contribution in [0.2, 0.25) is 0 Å². The highest BCUT2D eigenvalue weighted by atomic mass is 79.9. The fraction of sp³-hybridized carbons (Fsp3) is 0.267. The smallest absolute Gasteiger partial charge is 0.128 e. The van der Waals surface area contributed by atoms with Crippen LogP contribution in [-0.4, -0.2) is 9.55 Å². The summed E-state index contributed by atoms with van der Waals surface area (Å²) < 4.78 is 3.25. The highest BCUT2D eigenvalue weighted by Gasteiger charge is 2.16. The van der Waals surface area contributed by atoms with Crippen LogP contribution in [-0.2, 0) is 6.54 Å². The number of fused-ring (bicyclic) bond motifs is 1. The Kier molecular flexibility index (Phi) is 3.89. The number of imidazole rings is 1. The summed E-state index contributed by atoms with van der Waals surface area (Å²) in [5.41, 5.74) is 4.76. The summed E-state index contributed by atoms with van der Waals surface area (Å²) in [6.45, 7) is 4.93. The van der Waals surface area contributed by atoms with Crippen molar-refractivity contribution in [1.29, 1.82) is 0 Å². The highest BCUT2D eigenvalue weighted by molar-refractivity contribution is 9.10. The summed E-state index contributed by atoms with van der Waals surface area (Å²) in [5, 5.41) is 4.26. The Morgan fingerprint density at radius 3 is 2.85 bits per heavy atom. The van der Waals surface area contributed by atoms with Crippen molar-refractivity contribution in [3.63, 3.8) is 0 Å². The number of nitrogens with zero attached hydrogens (tertiary/aromatic N) is 2. The first-order valence-corrected chi connectivity index (χ1v) is 8.55. The van der Waals surface area contributed by atoms with Crippen LogP contribution >= 0.6 is 38.9 Å². The van der Waals surface area contributed by atoms with Crippen LogP contribution in [0.25, 0.3) is 11.0 Å². The number of hydrogen-bond donors (Lipinski definition) is 0. The van der Waals surface area contributed by atoms with Crippen molar-refractivity contribution in [1.82, 2.24) is 9.55 Å². The van der Waals surface area contributed by atoms with Crippen molar-refractivity contribution in [2.45, 2.75) is 25.8 Å². The SMILES string of the molecule is Cc1cscc1Cn1c(C(C)Cl)nc2cc(Br)ccc21. The quantitative estimate of drug-likeness (QED) is 0.556. The number of thiophene rings is 1. The molecule has 3 rings (SSSR count). The average molecular weight is 370 g/mol. The Morgan fingerprint density at radius 2 is 2.20 bits per heavy atom. The molecule has 0 bridgehead atoms. The normalized spacial score (nSPS) is 13.0. The fourth-order valence-electron chi connectivity index (χ4n) is 2.31. The lowest BCUT2D eigenvalue weighted by Crippen LogP contribution is -2.05. The minimum Gasteiger partial charge on any atom is -0.322 e. The topological polar surface area (TPSA) is 17.8 Å². The molecule has 0 spiro atoms. The van der Waals surface area contributed by atoms with Crippen molar-refractivity contribution in [3.05, 3.63) is 50.4 Å². The molecule has 0 aliphatic carbocycles. The number of rotatable bonds is 3. The number of halogens is 2. The Hall–Kier alpha value is -0.840. The van der Waals surface area contributed by atoms with Gasteiger partial charge in [-0.05, 0) is 53.9 Å². The Balaban J connectivity index is 2.16. The number of alkyl halides is 1. The fourth-order valence-corrected chi connectivity index (χ4v) is 3.67. The largest absolute Gasteiger partial charge is 0.322 e. The summed E-state index contributed by atoms with van der Waals surface area (Å²) in [5.74, 6) is 0.922. The summed E-state index contributed by atoms with van der Waals surface area (Å²) in [7, 11) is 0. The third-order valence-electron chi connectivity index (χ3n) is 3.39. The summed E-state index contributed by atoms with van der Waals surface area (Å²) >= 11 is 11.5. The molecule has 3 aromatic rings. The molecule has 1 unspecified atom stereocenters. The van der Waals surface area contributed by atoms with Crippen molar-refractivity contribution in [3.8, 4) is 0 Å². The third kappa shape index (κ3) is 2.52. The van der Waals surface area contributed by atoms with Crippen LogP contribution < -0.4 is 0 Å². The van der Waals surface area contributed by atoms with Gasteiger partial charge in [0.1, 0.15) is 5.82 Å². The van der Waals surface area contributed by atoms with Crippen molar-refractivity contribution in [2.75, 3.05) is 0 Å². The number of aromatic nitrogens is 2. The zero-order valence-electron chi connectivity index (χ0n) is 11.2. The van der Waals surface area contributed by atoms with Gasteiger partial charge in [-0.1, -0.05) is 15.9 Å². The zero-order valence-corrected chi connectivity index (χ0v) is 14.4. The summed E-state index contributed by atoms with van der Waals surface area (Å²) in [4.78, 5) is 4.69. The number of aryl methyl sites for hydroxylation is 1. The molecule has 1 aromatic carbocycles. The van der Waals surface area contributed by atoms with Crippen LogP contribution in [0.15, 0.2) is 33.4 Å². The van der Waals surface area contributed by atoms with Gasteiger partial charge in [0.15, 0.2) is 0 Å². The third-order valence-corrected chi connectivity index (χ3v) is 4.98. The van der Waals surface area contributed by atoms with Crippen molar-refractivity contribution < 1.29 is 0 Å². The molecule has 0 radical (unpaired) electrons. The van der Waals surface area contributed by atoms with Gasteiger partial charge in [-0.3, -0.25) is 0 Å². The summed E-state index contributed by atoms with van der Waals surface area (Å²) in [6.07, 6.45) is 0. The monoisotopic (exact) mass is 368 g/mol. The Morgan fingerprint density at radius 1 is 1.40 bits per heavy atom. The van der Waals surface area contributed by atoms with Gasteiger partial charge in [0.05, 0.1) is 23.0 Å². The molecule has 2 nitrogen and oxygen atoms in total. The molecular weight excluding hydrogens is 356 g/mol. The van der Waals surface area contributed by atoms with E-state index in [0.717, 1.165) is 27.9 Å². The molecule has 1 atom stereocenters. The predicted octanol–water partition coefficient (Wildman–Crippen LogP) is 5.52. The van der Waals surface area contributed by atoms with E-state index in [9.17, 15) is 0 Å². The molecule has 2 heterocycles. The van der Waals surface area contributed by atoms with E-state index in [2.05, 4.69) is 49.2 Å². The van der Waals surface area contributed by atoms with Gasteiger partial charge in [-0.2, -0.15) is 11.3 Å². The maximum atomic E-state index is 6.31. The highest BCUT2D eigenvalue weighted by Crippen LogP contribution is 2.28. The second-order valence-electron chi connectivity index (χ2n) is 4.89. The molecule has 0 saturated carbocycles. The maximum absolute atomic E-state index is 6.31. The van der Waals surface area contributed by atoms with E-state index in [0.29, 0.717) is 0 Å². The van der Waals surface area contributed by atoms with Crippen LogP contribution in [0.3, 0.4) is 0 Å². The van der Waals surface area contributed by atoms with Gasteiger partial charge in [-0.15, -0.1) is 11.6 Å². The lowest BCUT2D eigenvalue weighted by molar-refractivity contribution is 0.741. The van der Waals surface area contributed by atoms with Gasteiger partial charge >= 0.3 is 0 Å². The van der Waals surface area contributed by atoms with E-state index in [1.54, 1.807) is 11.3 Å². The minimum atomic E-state index is -0.111. The Labute approximate surface area is 135 Å². The predicted molar refractivity (Wildman–Crippen MR) is 89.9 cm³/mol. The molecule has 5 heteroatoms. The minimum absolute atomic E-state index is 0.111. The molecule has 0 saturated heterocycles. The maximum Gasteiger partial charge on any atom is 0.128 e. The van der Waals surface area contributed by atoms with Crippen LogP contribution in [0, 0.1) is 6.92 Å². The summed E-state index contributed by atoms with van der Waals surface area (Å²) in [6, 6.07) is 6.18. The second kappa shape index (κ2) is 5.51. The molecular formula is C15H14BrClN2S. The first-order valence-electron chi connectivity index (χ1n) is 6.37. The van der Waals surface area contributed by atoms with Crippen LogP contribution in [0.5, 0.6) is 0 Å². The molecule has 0 aliphatic heterocycles. The van der Waals surface area contributed by atoms with E-state index >= 15 is 0 Å². The Bertz CT molecular complexity index is 760. The van der Waals surface area contributed by atoms with Gasteiger partial charge in [0.2, 0.25) is 0 Å². The molecule has 0 N–H and O–H groups in total. The molecule has 0 amide bonds. The lowest BCUT2D eigenvalue weighted by Gasteiger charge is -2.10. The number of benzene rings is 1. The number of hydrogen-bond acceptors (Lipinski definition) is 2. The van der Waals surface area contributed by atoms with E-state index < -0.39 is 0 Å². The van der Waals surface area contributed by atoms with Crippen LogP contribution in [0.4, 0.5) is 0 Å². The molecule has 0 aliphatic rings. The van der Waals surface area contributed by atoms with E-state index in [1.165, 1.54) is 11.1 Å². The van der Waals surface area contributed by atoms with Gasteiger partial charge in [0.25, 0.3) is 0 Å². The van der Waals surface area contributed by atoms with Gasteiger partial charge in [-0.25, -0.2) is 4.98 Å². The van der Waals surface area contributed by atoms with Crippen LogP contribution in [0.1, 0.15) is 29.3 Å². The second-order valence-corrected chi connectivity index (χ2v) is 7.20. The standard InChI is InChI=1S/C15H14BrClN2S/c1-9-7-20-8-11(9)6-19-14-4-3-12(16)5-13(14)18-15(19)10(2)17/h3-5,7-8,10H,6H2,1-2H3. The lowest BCUT2D eigenvalue weighted by atomic mass is 10.2. The van der Waals surface area contributed by atoms with Gasteiger partial charge in [0, 0.05) is 4.47 Å². The zero-order chi connectivity index (χ0) is 14.3. The molecule has 0 fully saturated rings. The van der Waals surface area contributed by atoms with E-state index in [4.69, 9.17) is 11.6 Å².